The summed E-state index contributed by atoms with van der Waals surface area (Å²) in [5.74, 6) is -0.440. The van der Waals surface area contributed by atoms with Gasteiger partial charge in [-0.2, -0.15) is 5.10 Å². The van der Waals surface area contributed by atoms with Crippen LogP contribution in [0, 0.1) is 0 Å². The number of carbonyl (C=O) groups is 1. The van der Waals surface area contributed by atoms with Crippen LogP contribution in [0.3, 0.4) is 0 Å². The lowest BCUT2D eigenvalue weighted by molar-refractivity contribution is 0.100. The highest BCUT2D eigenvalue weighted by Gasteiger charge is 2.21. The number of fused-ring (bicyclic) bond motifs is 1. The summed E-state index contributed by atoms with van der Waals surface area (Å²) in [6.07, 6.45) is 2.22. The zero-order valence-electron chi connectivity index (χ0n) is 10.4. The average molecular weight is 323 g/mol. The lowest BCUT2D eigenvalue weighted by atomic mass is 10.1. The Kier molecular flexibility index (Phi) is 3.28. The molecule has 3 N–H and O–H groups in total. The molecule has 0 radical (unpaired) electrons. The second-order valence-corrected chi connectivity index (χ2v) is 5.55. The summed E-state index contributed by atoms with van der Waals surface area (Å²) >= 11 is 3.59. The number of primary amides is 1. The maximum absolute atomic E-state index is 11.5. The van der Waals surface area contributed by atoms with Crippen LogP contribution in [0.5, 0.6) is 0 Å². The van der Waals surface area contributed by atoms with Gasteiger partial charge in [0.15, 0.2) is 0 Å². The third kappa shape index (κ3) is 2.15. The minimum atomic E-state index is -0.440. The molecule has 19 heavy (non-hydrogen) atoms. The van der Waals surface area contributed by atoms with Crippen LogP contribution < -0.4 is 11.1 Å². The summed E-state index contributed by atoms with van der Waals surface area (Å²) in [5.41, 5.74) is 6.55. The van der Waals surface area contributed by atoms with Crippen molar-refractivity contribution < 1.29 is 4.79 Å². The number of nitrogens with two attached hydrogens (primary N) is 1. The van der Waals surface area contributed by atoms with Crippen molar-refractivity contribution in [1.29, 1.82) is 0 Å². The molecule has 6 heteroatoms. The lowest BCUT2D eigenvalue weighted by Gasteiger charge is -2.23. The zero-order valence-corrected chi connectivity index (χ0v) is 12.0. The quantitative estimate of drug-likeness (QED) is 0.885. The van der Waals surface area contributed by atoms with Crippen LogP contribution in [0.1, 0.15) is 29.2 Å². The predicted molar refractivity (Wildman–Crippen MR) is 77.1 cm³/mol. The summed E-state index contributed by atoms with van der Waals surface area (Å²) in [6.45, 7) is 1.96. The maximum Gasteiger partial charge on any atom is 0.250 e. The SMILES string of the molecule is NC(=O)c1cccc2c(Br)n(C3CCCNC3)nc12. The van der Waals surface area contributed by atoms with Gasteiger partial charge in [-0.05, 0) is 47.4 Å². The number of aromatic nitrogens is 2. The van der Waals surface area contributed by atoms with E-state index in [1.165, 1.54) is 0 Å². The molecule has 1 aromatic carbocycles. The number of hydrogen-bond acceptors (Lipinski definition) is 3. The van der Waals surface area contributed by atoms with Gasteiger partial charge in [0.2, 0.25) is 0 Å². The van der Waals surface area contributed by atoms with Crippen molar-refractivity contribution in [3.8, 4) is 0 Å². The Hall–Kier alpha value is -1.40. The van der Waals surface area contributed by atoms with E-state index in [0.717, 1.165) is 35.9 Å². The van der Waals surface area contributed by atoms with Crippen molar-refractivity contribution in [3.63, 3.8) is 0 Å². The van der Waals surface area contributed by atoms with E-state index in [4.69, 9.17) is 5.73 Å². The van der Waals surface area contributed by atoms with E-state index in [-0.39, 0.29) is 0 Å². The topological polar surface area (TPSA) is 72.9 Å². The molecular formula is C13H15BrN4O. The summed E-state index contributed by atoms with van der Waals surface area (Å²) in [6, 6.07) is 5.81. The maximum atomic E-state index is 11.5. The third-order valence-electron chi connectivity index (χ3n) is 3.55. The molecule has 0 saturated carbocycles. The average Bonchev–Trinajstić information content (AvgIpc) is 2.77. The second kappa shape index (κ2) is 4.94. The summed E-state index contributed by atoms with van der Waals surface area (Å²) in [7, 11) is 0. The molecule has 2 heterocycles. The van der Waals surface area contributed by atoms with E-state index in [1.54, 1.807) is 6.07 Å². The van der Waals surface area contributed by atoms with E-state index in [9.17, 15) is 4.79 Å². The molecule has 0 spiro atoms. The van der Waals surface area contributed by atoms with Crippen LogP contribution in [0.15, 0.2) is 22.8 Å². The largest absolute Gasteiger partial charge is 0.366 e. The van der Waals surface area contributed by atoms with Gasteiger partial charge in [-0.1, -0.05) is 6.07 Å². The van der Waals surface area contributed by atoms with Crippen LogP contribution in [0.4, 0.5) is 0 Å². The molecule has 2 aromatic rings. The van der Waals surface area contributed by atoms with Crippen molar-refractivity contribution in [1.82, 2.24) is 15.1 Å². The first-order chi connectivity index (χ1) is 9.18. The van der Waals surface area contributed by atoms with Crippen LogP contribution >= 0.6 is 15.9 Å². The molecule has 1 aliphatic heterocycles. The molecule has 0 aliphatic carbocycles. The van der Waals surface area contributed by atoms with Crippen molar-refractivity contribution >= 4 is 32.7 Å². The number of piperidine rings is 1. The fourth-order valence-corrected chi connectivity index (χ4v) is 3.26. The van der Waals surface area contributed by atoms with Crippen molar-refractivity contribution in [2.24, 2.45) is 5.73 Å². The number of halogens is 1. The van der Waals surface area contributed by atoms with Crippen LogP contribution in [0.2, 0.25) is 0 Å². The monoisotopic (exact) mass is 322 g/mol. The van der Waals surface area contributed by atoms with Crippen molar-refractivity contribution in [2.45, 2.75) is 18.9 Å². The first-order valence-electron chi connectivity index (χ1n) is 6.35. The number of carbonyl (C=O) groups excluding carboxylic acids is 1. The molecule has 0 bridgehead atoms. The van der Waals surface area contributed by atoms with E-state index in [2.05, 4.69) is 26.3 Å². The Morgan fingerprint density at radius 1 is 1.53 bits per heavy atom. The van der Waals surface area contributed by atoms with Crippen LogP contribution in [-0.4, -0.2) is 28.8 Å². The molecule has 1 unspecified atom stereocenters. The van der Waals surface area contributed by atoms with Gasteiger partial charge in [-0.25, -0.2) is 0 Å². The molecule has 100 valence electrons. The minimum absolute atomic E-state index is 0.316. The van der Waals surface area contributed by atoms with Crippen molar-refractivity contribution in [2.75, 3.05) is 13.1 Å². The van der Waals surface area contributed by atoms with E-state index in [0.29, 0.717) is 17.1 Å². The molecule has 5 nitrogen and oxygen atoms in total. The first kappa shape index (κ1) is 12.6. The molecule has 3 rings (SSSR count). The summed E-state index contributed by atoms with van der Waals surface area (Å²) in [4.78, 5) is 11.5. The number of nitrogens with zero attached hydrogens (tertiary/aromatic N) is 2. The van der Waals surface area contributed by atoms with Crippen LogP contribution in [-0.2, 0) is 0 Å². The summed E-state index contributed by atoms with van der Waals surface area (Å²) in [5, 5.41) is 8.89. The lowest BCUT2D eigenvalue weighted by Crippen LogP contribution is -2.32. The van der Waals surface area contributed by atoms with Gasteiger partial charge >= 0.3 is 0 Å². The Balaban J connectivity index is 2.13. The van der Waals surface area contributed by atoms with Crippen LogP contribution in [0.25, 0.3) is 10.9 Å². The summed E-state index contributed by atoms with van der Waals surface area (Å²) < 4.78 is 2.88. The minimum Gasteiger partial charge on any atom is -0.366 e. The number of amides is 1. The number of nitrogens with one attached hydrogen (secondary N) is 1. The number of hydrogen-bond donors (Lipinski definition) is 2. The molecule has 1 amide bonds. The highest BCUT2D eigenvalue weighted by Crippen LogP contribution is 2.30. The van der Waals surface area contributed by atoms with Gasteiger partial charge in [0, 0.05) is 11.9 Å². The molecule has 1 aliphatic rings. The van der Waals surface area contributed by atoms with E-state index in [1.807, 2.05) is 16.8 Å². The van der Waals surface area contributed by atoms with Gasteiger partial charge < -0.3 is 11.1 Å². The van der Waals surface area contributed by atoms with Crippen molar-refractivity contribution in [3.05, 3.63) is 28.4 Å². The fraction of sp³-hybridized carbons (Fsp3) is 0.385. The third-order valence-corrected chi connectivity index (χ3v) is 4.34. The highest BCUT2D eigenvalue weighted by atomic mass is 79.9. The second-order valence-electron chi connectivity index (χ2n) is 4.80. The zero-order chi connectivity index (χ0) is 13.4. The van der Waals surface area contributed by atoms with Gasteiger partial charge in [0.25, 0.3) is 5.91 Å². The van der Waals surface area contributed by atoms with Gasteiger partial charge in [-0.15, -0.1) is 0 Å². The fourth-order valence-electron chi connectivity index (χ4n) is 2.58. The molecule has 1 saturated heterocycles. The van der Waals surface area contributed by atoms with Gasteiger partial charge in [-0.3, -0.25) is 9.48 Å². The first-order valence-corrected chi connectivity index (χ1v) is 7.15. The van der Waals surface area contributed by atoms with E-state index < -0.39 is 5.91 Å². The Morgan fingerprint density at radius 3 is 3.05 bits per heavy atom. The normalized spacial score (nSPS) is 19.7. The smallest absolute Gasteiger partial charge is 0.250 e. The van der Waals surface area contributed by atoms with Gasteiger partial charge in [0.05, 0.1) is 11.6 Å². The molecule has 1 fully saturated rings. The van der Waals surface area contributed by atoms with Gasteiger partial charge in [0.1, 0.15) is 10.1 Å². The Morgan fingerprint density at radius 2 is 2.37 bits per heavy atom. The number of rotatable bonds is 2. The van der Waals surface area contributed by atoms with E-state index >= 15 is 0 Å². The molecular weight excluding hydrogens is 308 g/mol. The Labute approximate surface area is 119 Å². The predicted octanol–water partition coefficient (Wildman–Crippen LogP) is 1.82. The Bertz CT molecular complexity index is 631. The standard InChI is InChI=1S/C13H15BrN4O/c14-12-9-4-1-5-10(13(15)19)11(9)17-18(12)8-3-2-6-16-7-8/h1,4-5,8,16H,2-3,6-7H2,(H2,15,19). The number of benzene rings is 1. The molecule has 1 aromatic heterocycles. The molecule has 1 atom stereocenters. The highest BCUT2D eigenvalue weighted by molar-refractivity contribution is 9.10.